The average Bonchev–Trinajstić information content (AvgIpc) is 2.74. The number of aromatic nitrogens is 3. The molecular formula is C12H16N4O2. The Labute approximate surface area is 105 Å². The van der Waals surface area contributed by atoms with Crippen molar-refractivity contribution in [3.8, 4) is 17.5 Å². The van der Waals surface area contributed by atoms with Crippen LogP contribution in [0.3, 0.4) is 0 Å². The summed E-state index contributed by atoms with van der Waals surface area (Å²) in [5, 5.41) is 4.06. The first-order valence-corrected chi connectivity index (χ1v) is 5.57. The van der Waals surface area contributed by atoms with Gasteiger partial charge in [-0.05, 0) is 19.1 Å². The Hall–Kier alpha value is -2.08. The highest BCUT2D eigenvalue weighted by Crippen LogP contribution is 2.34. The van der Waals surface area contributed by atoms with Crippen molar-refractivity contribution in [1.82, 2.24) is 14.8 Å². The fraction of sp³-hybridized carbons (Fsp3) is 0.333. The van der Waals surface area contributed by atoms with Gasteiger partial charge in [0.05, 0.1) is 12.7 Å². The number of hydrogen-bond donors (Lipinski definition) is 1. The van der Waals surface area contributed by atoms with Crippen molar-refractivity contribution in [2.45, 2.75) is 13.0 Å². The second-order valence-corrected chi connectivity index (χ2v) is 3.96. The summed E-state index contributed by atoms with van der Waals surface area (Å²) in [4.78, 5) is 4.01. The van der Waals surface area contributed by atoms with Gasteiger partial charge in [0.15, 0.2) is 0 Å². The summed E-state index contributed by atoms with van der Waals surface area (Å²) in [6.07, 6.45) is 1.57. The van der Waals surface area contributed by atoms with Gasteiger partial charge in [-0.15, -0.1) is 5.10 Å². The van der Waals surface area contributed by atoms with Crippen molar-refractivity contribution in [3.05, 3.63) is 30.1 Å². The molecule has 0 bridgehead atoms. The van der Waals surface area contributed by atoms with E-state index in [0.717, 1.165) is 5.56 Å². The summed E-state index contributed by atoms with van der Waals surface area (Å²) < 4.78 is 12.5. The van der Waals surface area contributed by atoms with Crippen molar-refractivity contribution in [1.29, 1.82) is 0 Å². The van der Waals surface area contributed by atoms with Crippen molar-refractivity contribution in [2.75, 3.05) is 7.11 Å². The first-order chi connectivity index (χ1) is 8.61. The van der Waals surface area contributed by atoms with Crippen LogP contribution in [-0.4, -0.2) is 21.9 Å². The summed E-state index contributed by atoms with van der Waals surface area (Å²) in [6, 6.07) is 5.57. The van der Waals surface area contributed by atoms with Crippen LogP contribution in [0.2, 0.25) is 0 Å². The molecule has 0 aliphatic heterocycles. The first-order valence-electron chi connectivity index (χ1n) is 5.57. The molecule has 0 amide bonds. The molecule has 18 heavy (non-hydrogen) atoms. The van der Waals surface area contributed by atoms with Crippen LogP contribution in [0.25, 0.3) is 0 Å². The van der Waals surface area contributed by atoms with Crippen LogP contribution >= 0.6 is 0 Å². The SMILES string of the molecule is COc1cccc(Oc2ncn(C)n2)c1[C@@H](C)N. The van der Waals surface area contributed by atoms with Crippen LogP contribution in [-0.2, 0) is 7.05 Å². The zero-order chi connectivity index (χ0) is 13.1. The molecule has 0 saturated carbocycles. The van der Waals surface area contributed by atoms with Crippen LogP contribution in [0.15, 0.2) is 24.5 Å². The van der Waals surface area contributed by atoms with Crippen molar-refractivity contribution < 1.29 is 9.47 Å². The minimum atomic E-state index is -0.208. The molecule has 0 saturated heterocycles. The minimum absolute atomic E-state index is 0.208. The van der Waals surface area contributed by atoms with E-state index in [1.165, 1.54) is 0 Å². The monoisotopic (exact) mass is 248 g/mol. The van der Waals surface area contributed by atoms with Crippen LogP contribution in [0, 0.1) is 0 Å². The molecular weight excluding hydrogens is 232 g/mol. The van der Waals surface area contributed by atoms with E-state index in [9.17, 15) is 0 Å². The molecule has 1 aromatic heterocycles. The topological polar surface area (TPSA) is 75.2 Å². The van der Waals surface area contributed by atoms with Crippen molar-refractivity contribution in [2.24, 2.45) is 12.8 Å². The van der Waals surface area contributed by atoms with E-state index >= 15 is 0 Å². The molecule has 0 unspecified atom stereocenters. The van der Waals surface area contributed by atoms with Crippen LogP contribution in [0.1, 0.15) is 18.5 Å². The molecule has 1 aromatic carbocycles. The van der Waals surface area contributed by atoms with Crippen molar-refractivity contribution >= 4 is 0 Å². The third-order valence-corrected chi connectivity index (χ3v) is 2.48. The highest BCUT2D eigenvalue weighted by atomic mass is 16.5. The lowest BCUT2D eigenvalue weighted by molar-refractivity contribution is 0.391. The molecule has 2 aromatic rings. The molecule has 1 atom stereocenters. The minimum Gasteiger partial charge on any atom is -0.496 e. The maximum Gasteiger partial charge on any atom is 0.340 e. The Morgan fingerprint density at radius 1 is 1.33 bits per heavy atom. The number of methoxy groups -OCH3 is 1. The third kappa shape index (κ3) is 2.43. The van der Waals surface area contributed by atoms with Gasteiger partial charge >= 0.3 is 6.01 Å². The van der Waals surface area contributed by atoms with E-state index in [1.807, 2.05) is 25.1 Å². The Bertz CT molecular complexity index is 537. The van der Waals surface area contributed by atoms with E-state index in [2.05, 4.69) is 10.1 Å². The lowest BCUT2D eigenvalue weighted by Crippen LogP contribution is -2.09. The van der Waals surface area contributed by atoms with Gasteiger partial charge in [0.1, 0.15) is 17.8 Å². The summed E-state index contributed by atoms with van der Waals surface area (Å²) in [7, 11) is 3.38. The second-order valence-electron chi connectivity index (χ2n) is 3.96. The van der Waals surface area contributed by atoms with Gasteiger partial charge in [-0.3, -0.25) is 4.68 Å². The van der Waals surface area contributed by atoms with E-state index in [0.29, 0.717) is 11.5 Å². The second kappa shape index (κ2) is 5.05. The Morgan fingerprint density at radius 3 is 2.61 bits per heavy atom. The molecule has 6 nitrogen and oxygen atoms in total. The zero-order valence-electron chi connectivity index (χ0n) is 10.6. The van der Waals surface area contributed by atoms with Gasteiger partial charge in [0.25, 0.3) is 0 Å². The molecule has 0 aliphatic rings. The largest absolute Gasteiger partial charge is 0.496 e. The van der Waals surface area contributed by atoms with E-state index in [-0.39, 0.29) is 12.1 Å². The fourth-order valence-electron chi connectivity index (χ4n) is 1.70. The molecule has 2 rings (SSSR count). The van der Waals surface area contributed by atoms with E-state index in [1.54, 1.807) is 25.2 Å². The fourth-order valence-corrected chi connectivity index (χ4v) is 1.70. The summed E-state index contributed by atoms with van der Waals surface area (Å²) >= 11 is 0. The van der Waals surface area contributed by atoms with Gasteiger partial charge in [-0.2, -0.15) is 4.98 Å². The quantitative estimate of drug-likeness (QED) is 0.890. The molecule has 2 N–H and O–H groups in total. The molecule has 0 spiro atoms. The Morgan fingerprint density at radius 2 is 2.06 bits per heavy atom. The van der Waals surface area contributed by atoms with Gasteiger partial charge in [0, 0.05) is 13.1 Å². The predicted molar refractivity (Wildman–Crippen MR) is 66.7 cm³/mol. The molecule has 0 radical (unpaired) electrons. The molecule has 0 fully saturated rings. The van der Waals surface area contributed by atoms with Gasteiger partial charge in [-0.25, -0.2) is 0 Å². The third-order valence-electron chi connectivity index (χ3n) is 2.48. The lowest BCUT2D eigenvalue weighted by Gasteiger charge is -2.15. The summed E-state index contributed by atoms with van der Waals surface area (Å²) in [6.45, 7) is 1.87. The van der Waals surface area contributed by atoms with E-state index in [4.69, 9.17) is 15.2 Å². The molecule has 0 aliphatic carbocycles. The van der Waals surface area contributed by atoms with Gasteiger partial charge in [-0.1, -0.05) is 6.07 Å². The maximum absolute atomic E-state index is 5.94. The Balaban J connectivity index is 2.37. The number of benzene rings is 1. The number of nitrogens with two attached hydrogens (primary N) is 1. The van der Waals surface area contributed by atoms with Gasteiger partial charge < -0.3 is 15.2 Å². The van der Waals surface area contributed by atoms with Crippen LogP contribution in [0.4, 0.5) is 0 Å². The van der Waals surface area contributed by atoms with Crippen molar-refractivity contribution in [3.63, 3.8) is 0 Å². The number of aryl methyl sites for hydroxylation is 1. The molecule has 1 heterocycles. The van der Waals surface area contributed by atoms with Crippen LogP contribution in [0.5, 0.6) is 17.5 Å². The first kappa shape index (κ1) is 12.4. The average molecular weight is 248 g/mol. The standard InChI is InChI=1S/C12H16N4O2/c1-8(13)11-9(17-3)5-4-6-10(11)18-12-14-7-16(2)15-12/h4-8H,13H2,1-3H3/t8-/m1/s1. The lowest BCUT2D eigenvalue weighted by atomic mass is 10.1. The number of hydrogen-bond acceptors (Lipinski definition) is 5. The number of nitrogens with zero attached hydrogens (tertiary/aromatic N) is 3. The number of rotatable bonds is 4. The molecule has 6 heteroatoms. The van der Waals surface area contributed by atoms with Crippen LogP contribution < -0.4 is 15.2 Å². The van der Waals surface area contributed by atoms with E-state index < -0.39 is 0 Å². The highest BCUT2D eigenvalue weighted by Gasteiger charge is 2.16. The maximum atomic E-state index is 5.94. The molecule has 96 valence electrons. The van der Waals surface area contributed by atoms with Gasteiger partial charge in [0.2, 0.25) is 0 Å². The summed E-state index contributed by atoms with van der Waals surface area (Å²) in [5.41, 5.74) is 6.74. The number of ether oxygens (including phenoxy) is 2. The smallest absolute Gasteiger partial charge is 0.340 e. The predicted octanol–water partition coefficient (Wildman–Crippen LogP) is 1.64. The Kier molecular flexibility index (Phi) is 3.47. The summed E-state index contributed by atoms with van der Waals surface area (Å²) in [5.74, 6) is 1.30. The normalized spacial score (nSPS) is 12.2. The zero-order valence-corrected chi connectivity index (χ0v) is 10.6. The highest BCUT2D eigenvalue weighted by molar-refractivity contribution is 5.47.